The molecule has 2 heterocycles. The molecule has 3 nitrogen and oxygen atoms in total. The van der Waals surface area contributed by atoms with Crippen LogP contribution in [0.15, 0.2) is 176 Å². The molecular formula is C55H50BN3. The van der Waals surface area contributed by atoms with Gasteiger partial charge in [-0.1, -0.05) is 145 Å². The van der Waals surface area contributed by atoms with Crippen molar-refractivity contribution in [2.75, 3.05) is 14.7 Å². The zero-order valence-corrected chi connectivity index (χ0v) is 34.9. The molecule has 0 saturated heterocycles. The Hall–Kier alpha value is -6.52. The highest BCUT2D eigenvalue weighted by molar-refractivity contribution is 7.00. The zero-order valence-electron chi connectivity index (χ0n) is 34.9. The average molecular weight is 764 g/mol. The Bertz CT molecular complexity index is 2790. The standard InChI is InChI=1S/C55H50BN3/c1-36(2)39-21-26-46(27-22-39)58-51-29-24-41(37(3)4)32-49(51)56-50-33-42(38(5)6)25-30-52(50)59(47-28-23-40-15-13-14-16-43(40)31-47)54-35-48(34-53(58)55(54)56)57(44-17-9-7-10-18-44)45-19-11-8-12-20-45/h7-38H,1-6H3. The highest BCUT2D eigenvalue weighted by Gasteiger charge is 2.44. The van der Waals surface area contributed by atoms with Crippen molar-refractivity contribution in [2.45, 2.75) is 59.3 Å². The Labute approximate surface area is 350 Å². The lowest BCUT2D eigenvalue weighted by Crippen LogP contribution is -2.61. The molecule has 8 aromatic rings. The Morgan fingerprint density at radius 1 is 0.373 bits per heavy atom. The minimum absolute atomic E-state index is 0.0289. The molecule has 0 fully saturated rings. The van der Waals surface area contributed by atoms with Gasteiger partial charge in [0.05, 0.1) is 5.69 Å². The average Bonchev–Trinajstić information content (AvgIpc) is 3.26. The zero-order chi connectivity index (χ0) is 40.4. The number of rotatable bonds is 8. The minimum Gasteiger partial charge on any atom is -0.311 e. The van der Waals surface area contributed by atoms with Crippen molar-refractivity contribution in [3.63, 3.8) is 0 Å². The van der Waals surface area contributed by atoms with Gasteiger partial charge < -0.3 is 14.7 Å². The maximum atomic E-state index is 2.55. The van der Waals surface area contributed by atoms with E-state index < -0.39 is 0 Å². The van der Waals surface area contributed by atoms with Crippen LogP contribution in [0.25, 0.3) is 10.8 Å². The maximum Gasteiger partial charge on any atom is 0.252 e. The monoisotopic (exact) mass is 763 g/mol. The van der Waals surface area contributed by atoms with Gasteiger partial charge >= 0.3 is 0 Å². The second kappa shape index (κ2) is 14.7. The summed E-state index contributed by atoms with van der Waals surface area (Å²) in [6.45, 7) is 13.8. The van der Waals surface area contributed by atoms with Crippen molar-refractivity contribution in [1.29, 1.82) is 0 Å². The number of benzene rings is 8. The summed E-state index contributed by atoms with van der Waals surface area (Å²) in [4.78, 5) is 7.52. The summed E-state index contributed by atoms with van der Waals surface area (Å²) in [5.74, 6) is 1.23. The van der Waals surface area contributed by atoms with Crippen molar-refractivity contribution < 1.29 is 0 Å². The van der Waals surface area contributed by atoms with Crippen LogP contribution < -0.4 is 31.1 Å². The molecule has 0 aliphatic carbocycles. The first-order valence-electron chi connectivity index (χ1n) is 21.3. The molecule has 0 radical (unpaired) electrons. The van der Waals surface area contributed by atoms with Gasteiger partial charge in [0.1, 0.15) is 0 Å². The number of fused-ring (bicyclic) bond motifs is 5. The van der Waals surface area contributed by atoms with Crippen LogP contribution in [0.2, 0.25) is 0 Å². The van der Waals surface area contributed by atoms with Crippen molar-refractivity contribution >= 4 is 85.1 Å². The number of para-hydroxylation sites is 2. The van der Waals surface area contributed by atoms with E-state index in [9.17, 15) is 0 Å². The third-order valence-electron chi connectivity index (χ3n) is 12.5. The summed E-state index contributed by atoms with van der Waals surface area (Å²) in [5.41, 5.74) is 18.6. The van der Waals surface area contributed by atoms with Gasteiger partial charge in [-0.2, -0.15) is 0 Å². The van der Waals surface area contributed by atoms with E-state index in [1.165, 1.54) is 66.6 Å². The fourth-order valence-corrected chi connectivity index (χ4v) is 9.36. The molecule has 0 bridgehead atoms. The molecular weight excluding hydrogens is 713 g/mol. The fraction of sp³-hybridized carbons (Fsp3) is 0.164. The van der Waals surface area contributed by atoms with Gasteiger partial charge in [-0.3, -0.25) is 0 Å². The molecule has 2 aliphatic heterocycles. The van der Waals surface area contributed by atoms with E-state index in [4.69, 9.17) is 0 Å². The van der Waals surface area contributed by atoms with Gasteiger partial charge in [0.15, 0.2) is 0 Å². The Balaban J connectivity index is 1.34. The lowest BCUT2D eigenvalue weighted by atomic mass is 9.33. The van der Waals surface area contributed by atoms with E-state index in [-0.39, 0.29) is 6.71 Å². The molecule has 4 heteroatoms. The van der Waals surface area contributed by atoms with Gasteiger partial charge in [0.25, 0.3) is 6.71 Å². The molecule has 0 saturated carbocycles. The van der Waals surface area contributed by atoms with Crippen LogP contribution in [0, 0.1) is 0 Å². The van der Waals surface area contributed by atoms with Crippen LogP contribution in [0.5, 0.6) is 0 Å². The second-order valence-electron chi connectivity index (χ2n) is 17.2. The maximum absolute atomic E-state index is 2.55. The van der Waals surface area contributed by atoms with Crippen LogP contribution in [0.1, 0.15) is 76.0 Å². The molecule has 288 valence electrons. The molecule has 0 N–H and O–H groups in total. The SMILES string of the molecule is CC(C)c1ccc(N2c3ccc(C(C)C)cc3B3c4cc(C(C)C)ccc4N(c4ccc5ccccc5c4)c4cc(N(c5ccccc5)c5ccccc5)cc2c43)cc1. The van der Waals surface area contributed by atoms with E-state index in [1.807, 2.05) is 0 Å². The van der Waals surface area contributed by atoms with Crippen LogP contribution in [-0.4, -0.2) is 6.71 Å². The minimum atomic E-state index is 0.0289. The summed E-state index contributed by atoms with van der Waals surface area (Å²) >= 11 is 0. The molecule has 0 unspecified atom stereocenters. The summed E-state index contributed by atoms with van der Waals surface area (Å²) in [7, 11) is 0. The number of hydrogen-bond acceptors (Lipinski definition) is 3. The van der Waals surface area contributed by atoms with Crippen molar-refractivity contribution in [3.8, 4) is 0 Å². The topological polar surface area (TPSA) is 9.72 Å². The molecule has 0 aromatic heterocycles. The summed E-state index contributed by atoms with van der Waals surface area (Å²) in [6, 6.07) is 66.0. The number of hydrogen-bond donors (Lipinski definition) is 0. The lowest BCUT2D eigenvalue weighted by molar-refractivity contribution is 0.866. The first-order valence-corrected chi connectivity index (χ1v) is 21.3. The molecule has 0 amide bonds. The van der Waals surface area contributed by atoms with E-state index >= 15 is 0 Å². The number of anilines is 9. The van der Waals surface area contributed by atoms with Gasteiger partial charge in [0.2, 0.25) is 0 Å². The summed E-state index contributed by atoms with van der Waals surface area (Å²) in [6.07, 6.45) is 0. The second-order valence-corrected chi connectivity index (χ2v) is 17.2. The molecule has 8 aromatic carbocycles. The normalized spacial score (nSPS) is 12.9. The van der Waals surface area contributed by atoms with E-state index in [0.717, 1.165) is 28.4 Å². The molecule has 0 atom stereocenters. The van der Waals surface area contributed by atoms with E-state index in [1.54, 1.807) is 0 Å². The van der Waals surface area contributed by atoms with Crippen molar-refractivity contribution in [1.82, 2.24) is 0 Å². The Morgan fingerprint density at radius 2 is 0.831 bits per heavy atom. The first kappa shape index (κ1) is 36.8. The van der Waals surface area contributed by atoms with Crippen molar-refractivity contribution in [3.05, 3.63) is 193 Å². The first-order chi connectivity index (χ1) is 28.7. The van der Waals surface area contributed by atoms with Gasteiger partial charge in [0, 0.05) is 45.5 Å². The molecule has 59 heavy (non-hydrogen) atoms. The predicted octanol–water partition coefficient (Wildman–Crippen LogP) is 13.8. The highest BCUT2D eigenvalue weighted by atomic mass is 15.2. The smallest absolute Gasteiger partial charge is 0.252 e. The molecule has 10 rings (SSSR count). The quantitative estimate of drug-likeness (QED) is 0.143. The van der Waals surface area contributed by atoms with Crippen molar-refractivity contribution in [2.24, 2.45) is 0 Å². The largest absolute Gasteiger partial charge is 0.311 e. The number of nitrogens with zero attached hydrogens (tertiary/aromatic N) is 3. The Morgan fingerprint density at radius 3 is 1.36 bits per heavy atom. The van der Waals surface area contributed by atoms with Gasteiger partial charge in [-0.25, -0.2) is 0 Å². The fourth-order valence-electron chi connectivity index (χ4n) is 9.36. The third kappa shape index (κ3) is 6.30. The lowest BCUT2D eigenvalue weighted by Gasteiger charge is -2.45. The van der Waals surface area contributed by atoms with Crippen LogP contribution in [0.4, 0.5) is 51.2 Å². The van der Waals surface area contributed by atoms with Gasteiger partial charge in [-0.15, -0.1) is 0 Å². The summed E-state index contributed by atoms with van der Waals surface area (Å²) in [5, 5.41) is 2.47. The predicted molar refractivity (Wildman–Crippen MR) is 255 cm³/mol. The van der Waals surface area contributed by atoms with Crippen LogP contribution in [0.3, 0.4) is 0 Å². The molecule has 2 aliphatic rings. The van der Waals surface area contributed by atoms with Crippen LogP contribution >= 0.6 is 0 Å². The van der Waals surface area contributed by atoms with Crippen LogP contribution in [-0.2, 0) is 0 Å². The summed E-state index contributed by atoms with van der Waals surface area (Å²) < 4.78 is 0. The van der Waals surface area contributed by atoms with E-state index in [0.29, 0.717) is 17.8 Å². The Kier molecular flexibility index (Phi) is 9.17. The van der Waals surface area contributed by atoms with Gasteiger partial charge in [-0.05, 0) is 134 Å². The highest BCUT2D eigenvalue weighted by Crippen LogP contribution is 2.48. The third-order valence-corrected chi connectivity index (χ3v) is 12.5. The molecule has 0 spiro atoms. The van der Waals surface area contributed by atoms with E-state index in [2.05, 4.69) is 232 Å².